The third-order valence-electron chi connectivity index (χ3n) is 8.31. The van der Waals surface area contributed by atoms with Crippen LogP contribution in [0.15, 0.2) is 76.5 Å². The number of hydrogen-bond acceptors (Lipinski definition) is 4. The number of anilines is 1. The number of fused-ring (bicyclic) bond motifs is 1. The van der Waals surface area contributed by atoms with Gasteiger partial charge in [-0.3, -0.25) is 9.59 Å². The van der Waals surface area contributed by atoms with Gasteiger partial charge in [-0.15, -0.1) is 0 Å². The maximum absolute atomic E-state index is 13.7. The van der Waals surface area contributed by atoms with Crippen LogP contribution in [0.25, 0.3) is 6.08 Å². The van der Waals surface area contributed by atoms with Gasteiger partial charge >= 0.3 is 0 Å². The van der Waals surface area contributed by atoms with Crippen molar-refractivity contribution in [2.75, 3.05) is 25.0 Å². The van der Waals surface area contributed by atoms with E-state index in [-0.39, 0.29) is 11.8 Å². The normalized spacial score (nSPS) is 16.7. The fourth-order valence-corrected chi connectivity index (χ4v) is 6.84. The zero-order valence-corrected chi connectivity index (χ0v) is 25.3. The first kappa shape index (κ1) is 29.2. The van der Waals surface area contributed by atoms with Crippen LogP contribution in [0, 0.1) is 13.8 Å². The number of nitrogens with one attached hydrogen (secondary N) is 1. The average molecular weight is 568 g/mol. The highest BCUT2D eigenvalue weighted by Crippen LogP contribution is 2.42. The molecular formula is C35H41N3O2S. The second-order valence-corrected chi connectivity index (χ2v) is 12.5. The molecule has 0 unspecified atom stereocenters. The molecule has 214 valence electrons. The van der Waals surface area contributed by atoms with Crippen LogP contribution in [0.1, 0.15) is 71.1 Å². The molecule has 1 heterocycles. The van der Waals surface area contributed by atoms with Crippen molar-refractivity contribution >= 4 is 35.3 Å². The number of carbonyl (C=O) groups is 2. The first-order valence-electron chi connectivity index (χ1n) is 14.8. The van der Waals surface area contributed by atoms with Crippen molar-refractivity contribution < 1.29 is 9.59 Å². The van der Waals surface area contributed by atoms with E-state index in [1.165, 1.54) is 55.0 Å². The standard InChI is InChI=1S/C35H41N3O2S/c1-25-14-15-26(2)29(22-25)24-38-31-12-7-8-13-32(31)41-33(35(38)40)23-27-16-18-28(19-17-27)34(39)36-20-9-21-37(3)30-10-5-4-6-11-30/h7-8,12-19,22-23,30H,4-6,9-11,20-21,24H2,1-3H3,(H,36,39). The minimum atomic E-state index is -0.0544. The Morgan fingerprint density at radius 2 is 1.78 bits per heavy atom. The van der Waals surface area contributed by atoms with E-state index >= 15 is 0 Å². The van der Waals surface area contributed by atoms with E-state index < -0.39 is 0 Å². The van der Waals surface area contributed by atoms with Crippen LogP contribution in [0.2, 0.25) is 0 Å². The number of hydrogen-bond donors (Lipinski definition) is 1. The smallest absolute Gasteiger partial charge is 0.265 e. The molecule has 1 aliphatic carbocycles. The van der Waals surface area contributed by atoms with Crippen LogP contribution in [0.3, 0.4) is 0 Å². The zero-order valence-electron chi connectivity index (χ0n) is 24.5. The first-order valence-corrected chi connectivity index (χ1v) is 15.7. The summed E-state index contributed by atoms with van der Waals surface area (Å²) in [5.41, 5.74) is 5.99. The Bertz CT molecular complexity index is 1410. The maximum atomic E-state index is 13.7. The third-order valence-corrected chi connectivity index (χ3v) is 9.38. The van der Waals surface area contributed by atoms with Gasteiger partial charge in [0.25, 0.3) is 11.8 Å². The first-order chi connectivity index (χ1) is 19.9. The summed E-state index contributed by atoms with van der Waals surface area (Å²) in [5.74, 6) is -0.0594. The molecule has 0 saturated heterocycles. The fraction of sp³-hybridized carbons (Fsp3) is 0.371. The monoisotopic (exact) mass is 567 g/mol. The van der Waals surface area contributed by atoms with Crippen molar-refractivity contribution in [2.24, 2.45) is 0 Å². The molecule has 2 aliphatic rings. The van der Waals surface area contributed by atoms with Gasteiger partial charge in [0.1, 0.15) is 0 Å². The summed E-state index contributed by atoms with van der Waals surface area (Å²) in [6, 6.07) is 22.7. The van der Waals surface area contributed by atoms with Gasteiger partial charge in [0.2, 0.25) is 0 Å². The van der Waals surface area contributed by atoms with Gasteiger partial charge in [-0.1, -0.05) is 79.1 Å². The molecule has 3 aromatic carbocycles. The van der Waals surface area contributed by atoms with Crippen LogP contribution >= 0.6 is 11.8 Å². The summed E-state index contributed by atoms with van der Waals surface area (Å²) in [6.07, 6.45) is 9.52. The highest BCUT2D eigenvalue weighted by molar-refractivity contribution is 8.04. The Morgan fingerprint density at radius 3 is 2.56 bits per heavy atom. The van der Waals surface area contributed by atoms with E-state index in [2.05, 4.69) is 55.4 Å². The minimum absolute atomic E-state index is 0.00498. The number of thioether (sulfide) groups is 1. The molecule has 1 N–H and O–H groups in total. The molecule has 0 bridgehead atoms. The third kappa shape index (κ3) is 7.30. The predicted octanol–water partition coefficient (Wildman–Crippen LogP) is 7.37. The highest BCUT2D eigenvalue weighted by Gasteiger charge is 2.29. The Morgan fingerprint density at radius 1 is 1.02 bits per heavy atom. The van der Waals surface area contributed by atoms with E-state index in [4.69, 9.17) is 0 Å². The Balaban J connectivity index is 1.22. The lowest BCUT2D eigenvalue weighted by Gasteiger charge is -2.31. The Hall–Kier alpha value is -3.35. The number of nitrogens with zero attached hydrogens (tertiary/aromatic N) is 2. The molecule has 3 aromatic rings. The summed E-state index contributed by atoms with van der Waals surface area (Å²) in [7, 11) is 2.21. The van der Waals surface area contributed by atoms with Crippen molar-refractivity contribution in [2.45, 2.75) is 69.9 Å². The SMILES string of the molecule is Cc1ccc(C)c(CN2C(=O)C(=Cc3ccc(C(=O)NCCCN(C)C4CCCCC4)cc3)Sc3ccccc32)c1. The number of aryl methyl sites for hydroxylation is 2. The van der Waals surface area contributed by atoms with Crippen LogP contribution in [0.5, 0.6) is 0 Å². The van der Waals surface area contributed by atoms with Crippen LogP contribution in [0.4, 0.5) is 5.69 Å². The topological polar surface area (TPSA) is 52.7 Å². The van der Waals surface area contributed by atoms with Crippen LogP contribution < -0.4 is 10.2 Å². The molecule has 5 rings (SSSR count). The largest absolute Gasteiger partial charge is 0.352 e. The van der Waals surface area contributed by atoms with Gasteiger partial charge in [0.15, 0.2) is 0 Å². The van der Waals surface area contributed by atoms with Gasteiger partial charge in [0, 0.05) is 23.0 Å². The molecule has 41 heavy (non-hydrogen) atoms. The lowest BCUT2D eigenvalue weighted by molar-refractivity contribution is -0.114. The number of amides is 2. The fourth-order valence-electron chi connectivity index (χ4n) is 5.78. The molecule has 1 fully saturated rings. The molecule has 5 nitrogen and oxygen atoms in total. The van der Waals surface area contributed by atoms with Crippen molar-refractivity contribution in [3.05, 3.63) is 99.5 Å². The minimum Gasteiger partial charge on any atom is -0.352 e. The summed E-state index contributed by atoms with van der Waals surface area (Å²) in [4.78, 5) is 32.6. The number of carbonyl (C=O) groups excluding carboxylic acids is 2. The molecule has 1 aliphatic heterocycles. The molecule has 6 heteroatoms. The van der Waals surface area contributed by atoms with Crippen LogP contribution in [-0.4, -0.2) is 42.9 Å². The van der Waals surface area contributed by atoms with E-state index in [1.54, 1.807) is 0 Å². The van der Waals surface area contributed by atoms with E-state index in [0.717, 1.165) is 34.7 Å². The lowest BCUT2D eigenvalue weighted by Crippen LogP contribution is -2.35. The molecule has 2 amide bonds. The number of benzene rings is 3. The van der Waals surface area contributed by atoms with Gasteiger partial charge in [-0.2, -0.15) is 0 Å². The molecule has 0 atom stereocenters. The van der Waals surface area contributed by atoms with Gasteiger partial charge in [0.05, 0.1) is 17.1 Å². The number of rotatable bonds is 9. The van der Waals surface area contributed by atoms with Crippen LogP contribution in [-0.2, 0) is 11.3 Å². The molecular weight excluding hydrogens is 526 g/mol. The Labute approximate surface area is 249 Å². The number of para-hydroxylation sites is 1. The quantitative estimate of drug-likeness (QED) is 0.217. The molecule has 0 radical (unpaired) electrons. The second kappa shape index (κ2) is 13.5. The van der Waals surface area contributed by atoms with Crippen molar-refractivity contribution in [3.63, 3.8) is 0 Å². The summed E-state index contributed by atoms with van der Waals surface area (Å²) >= 11 is 1.50. The molecule has 0 aromatic heterocycles. The highest BCUT2D eigenvalue weighted by atomic mass is 32.2. The van der Waals surface area contributed by atoms with E-state index in [9.17, 15) is 9.59 Å². The second-order valence-electron chi connectivity index (χ2n) is 11.4. The average Bonchev–Trinajstić information content (AvgIpc) is 2.99. The summed E-state index contributed by atoms with van der Waals surface area (Å²) < 4.78 is 0. The lowest BCUT2D eigenvalue weighted by atomic mass is 9.94. The summed E-state index contributed by atoms with van der Waals surface area (Å²) in [5, 5.41) is 3.07. The van der Waals surface area contributed by atoms with Gasteiger partial charge < -0.3 is 15.1 Å². The van der Waals surface area contributed by atoms with Crippen molar-refractivity contribution in [1.82, 2.24) is 10.2 Å². The van der Waals surface area contributed by atoms with Crippen molar-refractivity contribution in [3.8, 4) is 0 Å². The zero-order chi connectivity index (χ0) is 28.8. The molecule has 0 spiro atoms. The van der Waals surface area contributed by atoms with Crippen molar-refractivity contribution in [1.29, 1.82) is 0 Å². The van der Waals surface area contributed by atoms with E-state index in [0.29, 0.717) is 29.6 Å². The van der Waals surface area contributed by atoms with E-state index in [1.807, 2.05) is 53.4 Å². The Kier molecular flexibility index (Phi) is 9.63. The summed E-state index contributed by atoms with van der Waals surface area (Å²) in [6.45, 7) is 6.37. The molecule has 1 saturated carbocycles. The van der Waals surface area contributed by atoms with Gasteiger partial charge in [-0.25, -0.2) is 0 Å². The van der Waals surface area contributed by atoms with Gasteiger partial charge in [-0.05, 0) is 93.7 Å². The predicted molar refractivity (Wildman–Crippen MR) is 170 cm³/mol. The maximum Gasteiger partial charge on any atom is 0.265 e.